The molecular formula is C33H38N6O3S. The third-order valence-electron chi connectivity index (χ3n) is 7.53. The van der Waals surface area contributed by atoms with Crippen LogP contribution in [0.1, 0.15) is 26.7 Å². The SMILES string of the molecule is CCN(CC)CCCCn1ccc2cc(-c3cc(Nc4ccc(NS(=O)(=O)c5ccc(OC)cc5)cc4)ncn3)ccc21. The van der Waals surface area contributed by atoms with Gasteiger partial charge < -0.3 is 19.5 Å². The van der Waals surface area contributed by atoms with Gasteiger partial charge >= 0.3 is 0 Å². The van der Waals surface area contributed by atoms with Crippen LogP contribution in [-0.2, 0) is 16.6 Å². The molecule has 0 radical (unpaired) electrons. The van der Waals surface area contributed by atoms with E-state index in [9.17, 15) is 8.42 Å². The summed E-state index contributed by atoms with van der Waals surface area (Å²) in [5, 5.41) is 4.47. The second kappa shape index (κ2) is 13.7. The predicted molar refractivity (Wildman–Crippen MR) is 174 cm³/mol. The van der Waals surface area contributed by atoms with E-state index in [1.807, 2.05) is 6.07 Å². The summed E-state index contributed by atoms with van der Waals surface area (Å²) in [7, 11) is -2.19. The monoisotopic (exact) mass is 598 g/mol. The number of unbranched alkanes of at least 4 members (excludes halogenated alkanes) is 1. The Morgan fingerprint density at radius 2 is 1.60 bits per heavy atom. The number of benzene rings is 3. The molecule has 5 aromatic rings. The number of ether oxygens (including phenoxy) is 1. The molecule has 2 aromatic heterocycles. The molecule has 0 amide bonds. The van der Waals surface area contributed by atoms with Gasteiger partial charge in [0.1, 0.15) is 17.9 Å². The standard InChI is InChI=1S/C33H38N6O3S/c1-4-38(5-2)19-6-7-20-39-21-18-26-22-25(8-17-32(26)39)31-23-33(35-24-34-31)36-27-9-11-28(12-10-27)37-43(40,41)30-15-13-29(42-3)14-16-30/h8-18,21-24,37H,4-7,19-20H2,1-3H3,(H,34,35,36). The van der Waals surface area contributed by atoms with Gasteiger partial charge in [-0.05, 0) is 99.2 Å². The van der Waals surface area contributed by atoms with Gasteiger partial charge in [-0.1, -0.05) is 19.9 Å². The minimum absolute atomic E-state index is 0.157. The Kier molecular flexibility index (Phi) is 9.58. The number of aryl methyl sites for hydroxylation is 1. The third kappa shape index (κ3) is 7.52. The maximum atomic E-state index is 12.7. The lowest BCUT2D eigenvalue weighted by Crippen LogP contribution is -2.24. The maximum absolute atomic E-state index is 12.7. The van der Waals surface area contributed by atoms with Crippen LogP contribution < -0.4 is 14.8 Å². The van der Waals surface area contributed by atoms with E-state index >= 15 is 0 Å². The van der Waals surface area contributed by atoms with Crippen molar-refractivity contribution in [3.05, 3.63) is 91.4 Å². The van der Waals surface area contributed by atoms with Crippen molar-refractivity contribution < 1.29 is 13.2 Å². The number of methoxy groups -OCH3 is 1. The third-order valence-corrected chi connectivity index (χ3v) is 8.93. The van der Waals surface area contributed by atoms with E-state index in [0.717, 1.165) is 49.5 Å². The van der Waals surface area contributed by atoms with Crippen molar-refractivity contribution in [1.29, 1.82) is 0 Å². The molecule has 2 N–H and O–H groups in total. The lowest BCUT2D eigenvalue weighted by Gasteiger charge is -2.17. The molecular weight excluding hydrogens is 560 g/mol. The van der Waals surface area contributed by atoms with Crippen LogP contribution in [-0.4, -0.2) is 54.6 Å². The highest BCUT2D eigenvalue weighted by Gasteiger charge is 2.14. The summed E-state index contributed by atoms with van der Waals surface area (Å²) in [6.07, 6.45) is 6.05. The Hall–Kier alpha value is -4.41. The molecule has 2 heterocycles. The average molecular weight is 599 g/mol. The predicted octanol–water partition coefficient (Wildman–Crippen LogP) is 6.77. The molecule has 10 heteroatoms. The molecule has 0 aliphatic heterocycles. The van der Waals surface area contributed by atoms with E-state index < -0.39 is 10.0 Å². The molecule has 224 valence electrons. The van der Waals surface area contributed by atoms with Crippen LogP contribution in [0.4, 0.5) is 17.2 Å². The second-order valence-electron chi connectivity index (χ2n) is 10.3. The van der Waals surface area contributed by atoms with Crippen LogP contribution in [0.5, 0.6) is 5.75 Å². The summed E-state index contributed by atoms with van der Waals surface area (Å²) in [4.78, 5) is 11.5. The lowest BCUT2D eigenvalue weighted by atomic mass is 10.1. The Labute approximate surface area is 253 Å². The van der Waals surface area contributed by atoms with Gasteiger partial charge in [0.2, 0.25) is 0 Å². The van der Waals surface area contributed by atoms with Crippen molar-refractivity contribution in [2.75, 3.05) is 36.8 Å². The molecule has 0 fully saturated rings. The second-order valence-corrected chi connectivity index (χ2v) is 12.0. The molecule has 3 aromatic carbocycles. The van der Waals surface area contributed by atoms with E-state index in [2.05, 4.69) is 73.8 Å². The zero-order valence-corrected chi connectivity index (χ0v) is 25.6. The molecule has 0 atom stereocenters. The number of hydrogen-bond donors (Lipinski definition) is 2. The van der Waals surface area contributed by atoms with Gasteiger partial charge in [0.15, 0.2) is 0 Å². The number of anilines is 3. The molecule has 0 aliphatic rings. The minimum atomic E-state index is -3.72. The van der Waals surface area contributed by atoms with Gasteiger partial charge in [-0.2, -0.15) is 0 Å². The number of hydrogen-bond acceptors (Lipinski definition) is 7. The number of fused-ring (bicyclic) bond motifs is 1. The van der Waals surface area contributed by atoms with E-state index in [1.165, 1.54) is 36.6 Å². The summed E-state index contributed by atoms with van der Waals surface area (Å²) in [5.74, 6) is 1.23. The Morgan fingerprint density at radius 3 is 2.33 bits per heavy atom. The van der Waals surface area contributed by atoms with Crippen molar-refractivity contribution in [2.24, 2.45) is 0 Å². The van der Waals surface area contributed by atoms with E-state index in [-0.39, 0.29) is 4.90 Å². The molecule has 0 saturated heterocycles. The quantitative estimate of drug-likeness (QED) is 0.136. The molecule has 0 spiro atoms. The zero-order chi connectivity index (χ0) is 30.2. The van der Waals surface area contributed by atoms with Crippen molar-refractivity contribution in [2.45, 2.75) is 38.1 Å². The van der Waals surface area contributed by atoms with Gasteiger partial charge in [0, 0.05) is 46.6 Å². The summed E-state index contributed by atoms with van der Waals surface area (Å²) < 4.78 is 35.5. The molecule has 9 nitrogen and oxygen atoms in total. The normalized spacial score (nSPS) is 11.6. The van der Waals surface area contributed by atoms with E-state index in [4.69, 9.17) is 4.74 Å². The fourth-order valence-corrected chi connectivity index (χ4v) is 6.09. The number of sulfonamides is 1. The first kappa shape index (κ1) is 30.1. The van der Waals surface area contributed by atoms with Crippen LogP contribution in [0.3, 0.4) is 0 Å². The Morgan fingerprint density at radius 1 is 0.860 bits per heavy atom. The van der Waals surface area contributed by atoms with Crippen molar-refractivity contribution in [3.63, 3.8) is 0 Å². The maximum Gasteiger partial charge on any atom is 0.261 e. The van der Waals surface area contributed by atoms with Crippen LogP contribution >= 0.6 is 0 Å². The molecule has 0 aliphatic carbocycles. The van der Waals surface area contributed by atoms with Crippen molar-refractivity contribution in [1.82, 2.24) is 19.4 Å². The highest BCUT2D eigenvalue weighted by molar-refractivity contribution is 7.92. The number of nitrogens with one attached hydrogen (secondary N) is 2. The lowest BCUT2D eigenvalue weighted by molar-refractivity contribution is 0.294. The number of aromatic nitrogens is 3. The van der Waals surface area contributed by atoms with Crippen LogP contribution in [0, 0.1) is 0 Å². The highest BCUT2D eigenvalue weighted by Crippen LogP contribution is 2.27. The molecule has 43 heavy (non-hydrogen) atoms. The van der Waals surface area contributed by atoms with Gasteiger partial charge in [0.25, 0.3) is 10.0 Å². The summed E-state index contributed by atoms with van der Waals surface area (Å²) in [5.41, 5.74) is 4.27. The average Bonchev–Trinajstić information content (AvgIpc) is 3.44. The topological polar surface area (TPSA) is 101 Å². The van der Waals surface area contributed by atoms with Gasteiger partial charge in [0.05, 0.1) is 17.7 Å². The van der Waals surface area contributed by atoms with Crippen LogP contribution in [0.15, 0.2) is 96.3 Å². The molecule has 0 unspecified atom stereocenters. The van der Waals surface area contributed by atoms with E-state index in [1.54, 1.807) is 42.7 Å². The fraction of sp³-hybridized carbons (Fsp3) is 0.273. The summed E-state index contributed by atoms with van der Waals surface area (Å²) in [6.45, 7) is 8.80. The van der Waals surface area contributed by atoms with Crippen molar-refractivity contribution >= 4 is 38.1 Å². The molecule has 0 saturated carbocycles. The van der Waals surface area contributed by atoms with Gasteiger partial charge in [-0.3, -0.25) is 4.72 Å². The first-order valence-electron chi connectivity index (χ1n) is 14.6. The molecule has 5 rings (SSSR count). The van der Waals surface area contributed by atoms with Gasteiger partial charge in [-0.25, -0.2) is 18.4 Å². The van der Waals surface area contributed by atoms with E-state index in [0.29, 0.717) is 17.3 Å². The zero-order valence-electron chi connectivity index (χ0n) is 24.8. The first-order chi connectivity index (χ1) is 20.9. The summed E-state index contributed by atoms with van der Waals surface area (Å²) >= 11 is 0. The molecule has 0 bridgehead atoms. The Balaban J connectivity index is 1.22. The minimum Gasteiger partial charge on any atom is -0.497 e. The van der Waals surface area contributed by atoms with Crippen LogP contribution in [0.25, 0.3) is 22.2 Å². The van der Waals surface area contributed by atoms with Crippen molar-refractivity contribution in [3.8, 4) is 17.0 Å². The fourth-order valence-electron chi connectivity index (χ4n) is 5.03. The van der Waals surface area contributed by atoms with Gasteiger partial charge in [-0.15, -0.1) is 0 Å². The Bertz CT molecular complexity index is 1750. The number of rotatable bonds is 14. The first-order valence-corrected chi connectivity index (χ1v) is 16.0. The summed E-state index contributed by atoms with van der Waals surface area (Å²) in [6, 6.07) is 23.7. The largest absolute Gasteiger partial charge is 0.497 e. The number of nitrogens with zero attached hydrogens (tertiary/aromatic N) is 4. The smallest absolute Gasteiger partial charge is 0.261 e. The van der Waals surface area contributed by atoms with Crippen LogP contribution in [0.2, 0.25) is 0 Å². The highest BCUT2D eigenvalue weighted by atomic mass is 32.2.